The van der Waals surface area contributed by atoms with Crippen molar-refractivity contribution >= 4 is 36.0 Å². The number of carboxylic acid groups (broad SMARTS) is 1. The summed E-state index contributed by atoms with van der Waals surface area (Å²) in [6.45, 7) is 0. The first-order valence-corrected chi connectivity index (χ1v) is 3.82. The summed E-state index contributed by atoms with van der Waals surface area (Å²) in [6.07, 6.45) is 0. The van der Waals surface area contributed by atoms with E-state index in [0.717, 1.165) is 0 Å². The molecule has 0 radical (unpaired) electrons. The highest BCUT2D eigenvalue weighted by molar-refractivity contribution is 8.45. The molecule has 0 aromatic rings. The molecule has 0 aliphatic heterocycles. The molecule has 36 valence electrons. The quantitative estimate of drug-likeness (QED) is 0.529. The molecule has 0 saturated carbocycles. The Labute approximate surface area is 46.4 Å². The molecule has 0 aliphatic rings. The van der Waals surface area contributed by atoms with Crippen LogP contribution in [0.4, 0.5) is 4.79 Å². The van der Waals surface area contributed by atoms with Crippen molar-refractivity contribution in [3.8, 4) is 0 Å². The van der Waals surface area contributed by atoms with Crippen molar-refractivity contribution in [3.63, 3.8) is 0 Å². The van der Waals surface area contributed by atoms with E-state index in [4.69, 9.17) is 26.5 Å². The summed E-state index contributed by atoms with van der Waals surface area (Å²) in [4.78, 5) is 9.45. The first-order chi connectivity index (χ1) is 2.64. The third-order valence-electron chi connectivity index (χ3n) is 0.132. The fraction of sp³-hybridized carbons (Fsp3) is 0. The number of halogens is 2. The van der Waals surface area contributed by atoms with Crippen LogP contribution in [-0.2, 0) is 9.32 Å². The Morgan fingerprint density at radius 2 is 1.83 bits per heavy atom. The summed E-state index contributed by atoms with van der Waals surface area (Å²) in [6, 6.07) is 0. The minimum absolute atomic E-state index is 1.18. The lowest BCUT2D eigenvalue weighted by atomic mass is 11.6. The second-order valence-electron chi connectivity index (χ2n) is 0.479. The fourth-order valence-electron chi connectivity index (χ4n) is 0. The molecule has 6 heavy (non-hydrogen) atoms. The van der Waals surface area contributed by atoms with Crippen LogP contribution < -0.4 is 0 Å². The van der Waals surface area contributed by atoms with Crippen molar-refractivity contribution in [2.24, 2.45) is 0 Å². The number of hydrogen-bond acceptors (Lipinski definition) is 1. The van der Waals surface area contributed by atoms with Crippen molar-refractivity contribution in [1.82, 2.24) is 0 Å². The third-order valence-corrected chi connectivity index (χ3v) is 1.19. The van der Waals surface area contributed by atoms with E-state index in [1.807, 2.05) is 0 Å². The highest BCUT2D eigenvalue weighted by Gasteiger charge is 2.24. The Hall–Kier alpha value is 0.400. The maximum atomic E-state index is 9.45. The van der Waals surface area contributed by atoms with Crippen molar-refractivity contribution in [2.75, 3.05) is 0 Å². The molecule has 1 N–H and O–H groups in total. The summed E-state index contributed by atoms with van der Waals surface area (Å²) in [5.74, 6) is 0. The summed E-state index contributed by atoms with van der Waals surface area (Å²) in [7, 11) is 8.11. The minimum atomic E-state index is -1.51. The van der Waals surface area contributed by atoms with Crippen LogP contribution in [-0.4, -0.2) is 10.4 Å². The molecule has 0 aromatic carbocycles. The van der Waals surface area contributed by atoms with Gasteiger partial charge in [-0.15, -0.1) is 0 Å². The van der Waals surface area contributed by atoms with Crippen LogP contribution in [0.1, 0.15) is 0 Å². The average molecular weight is 148 g/mol. The average Bonchev–Trinajstić information content (AvgIpc) is 1.36. The second kappa shape index (κ2) is 2.55. The molecule has 0 atom stereocenters. The predicted molar refractivity (Wildman–Crippen MR) is 27.1 cm³/mol. The Morgan fingerprint density at radius 3 is 1.83 bits per heavy atom. The lowest BCUT2D eigenvalue weighted by Crippen LogP contribution is -1.94. The molecule has 0 aliphatic carbocycles. The second-order valence-corrected chi connectivity index (χ2v) is 3.58. The molecule has 0 spiro atoms. The van der Waals surface area contributed by atoms with Crippen molar-refractivity contribution < 1.29 is 9.90 Å². The molecule has 0 saturated heterocycles. The number of rotatable bonds is 0. The normalized spacial score (nSPS) is 9.17. The van der Waals surface area contributed by atoms with Crippen molar-refractivity contribution in [2.45, 2.75) is 0 Å². The van der Waals surface area contributed by atoms with Gasteiger partial charge in [-0.2, -0.15) is 4.79 Å². The summed E-state index contributed by atoms with van der Waals surface area (Å²) in [5.41, 5.74) is 0. The molecule has 5 heteroatoms. The summed E-state index contributed by atoms with van der Waals surface area (Å²) < 4.78 is 0. The van der Waals surface area contributed by atoms with Crippen LogP contribution in [0.5, 0.6) is 0 Å². The van der Waals surface area contributed by atoms with Crippen LogP contribution >= 0.6 is 21.4 Å². The van der Waals surface area contributed by atoms with E-state index >= 15 is 0 Å². The van der Waals surface area contributed by atoms with Gasteiger partial charge in [0, 0.05) is 0 Å². The monoisotopic (exact) mass is 147 g/mol. The number of carbonyl (C=O) groups is 1. The van der Waals surface area contributed by atoms with Crippen LogP contribution in [0, 0.1) is 0 Å². The third kappa shape index (κ3) is 2.63. The largest absolute Gasteiger partial charge is 0.564 e. The SMILES string of the molecule is O=C(O)[S+](Cl)Cl. The van der Waals surface area contributed by atoms with Crippen LogP contribution in [0.15, 0.2) is 0 Å². The van der Waals surface area contributed by atoms with Gasteiger partial charge in [-0.3, -0.25) is 0 Å². The van der Waals surface area contributed by atoms with E-state index in [1.54, 1.807) is 0 Å². The lowest BCUT2D eigenvalue weighted by molar-refractivity contribution is 0.222. The van der Waals surface area contributed by atoms with E-state index in [1.165, 1.54) is 0 Å². The zero-order valence-corrected chi connectivity index (χ0v) is 4.85. The first kappa shape index (κ1) is 6.40. The Balaban J connectivity index is 3.26. The highest BCUT2D eigenvalue weighted by Crippen LogP contribution is 2.07. The molecule has 0 rings (SSSR count). The van der Waals surface area contributed by atoms with Crippen molar-refractivity contribution in [1.29, 1.82) is 0 Å². The molecular weight excluding hydrogens is 147 g/mol. The number of hydrogen-bond donors (Lipinski definition) is 1. The molecule has 0 fully saturated rings. The van der Waals surface area contributed by atoms with E-state index < -0.39 is 14.6 Å². The first-order valence-electron chi connectivity index (χ1n) is 0.940. The van der Waals surface area contributed by atoms with Gasteiger partial charge in [-0.05, 0) is 0 Å². The fourth-order valence-corrected chi connectivity index (χ4v) is 0. The standard InChI is InChI=1S/CCl2O2S/c2-6(3)1(4)5/p+1. The maximum absolute atomic E-state index is 9.45. The smallest absolute Gasteiger partial charge is 0.439 e. The van der Waals surface area contributed by atoms with E-state index in [2.05, 4.69) is 0 Å². The van der Waals surface area contributed by atoms with Crippen LogP contribution in [0.25, 0.3) is 0 Å². The molecule has 0 bridgehead atoms. The van der Waals surface area contributed by atoms with Gasteiger partial charge in [0.2, 0.25) is 21.4 Å². The molecule has 0 amide bonds. The molecule has 2 nitrogen and oxygen atoms in total. The van der Waals surface area contributed by atoms with Gasteiger partial charge in [0.25, 0.3) is 0 Å². The van der Waals surface area contributed by atoms with Gasteiger partial charge < -0.3 is 5.11 Å². The van der Waals surface area contributed by atoms with Gasteiger partial charge in [0.1, 0.15) is 0 Å². The van der Waals surface area contributed by atoms with E-state index in [9.17, 15) is 4.79 Å². The van der Waals surface area contributed by atoms with Crippen LogP contribution in [0.2, 0.25) is 0 Å². The van der Waals surface area contributed by atoms with Crippen molar-refractivity contribution in [3.05, 3.63) is 0 Å². The van der Waals surface area contributed by atoms with Gasteiger partial charge in [-0.1, -0.05) is 0 Å². The summed E-state index contributed by atoms with van der Waals surface area (Å²) >= 11 is 0. The van der Waals surface area contributed by atoms with E-state index in [-0.39, 0.29) is 0 Å². The van der Waals surface area contributed by atoms with Gasteiger partial charge in [-0.25, -0.2) is 0 Å². The lowest BCUT2D eigenvalue weighted by Gasteiger charge is -1.66. The predicted octanol–water partition coefficient (Wildman–Crippen LogP) is 1.59. The molecule has 0 heterocycles. The topological polar surface area (TPSA) is 37.3 Å². The summed E-state index contributed by atoms with van der Waals surface area (Å²) in [5, 5.41) is 6.56. The van der Waals surface area contributed by atoms with Gasteiger partial charge in [0.05, 0.1) is 0 Å². The van der Waals surface area contributed by atoms with Gasteiger partial charge in [0.15, 0.2) is 0 Å². The molecular formula is CHCl2O2S+. The Bertz CT molecular complexity index is 62.6. The Kier molecular flexibility index (Phi) is 2.72. The zero-order valence-electron chi connectivity index (χ0n) is 2.52. The minimum Gasteiger partial charge on any atom is -0.439 e. The molecule has 0 aromatic heterocycles. The van der Waals surface area contributed by atoms with Gasteiger partial charge >= 0.3 is 14.6 Å². The Morgan fingerprint density at radius 1 is 1.67 bits per heavy atom. The zero-order chi connectivity index (χ0) is 5.15. The maximum Gasteiger partial charge on any atom is 0.564 e. The van der Waals surface area contributed by atoms with Crippen LogP contribution in [0.3, 0.4) is 0 Å². The highest BCUT2D eigenvalue weighted by atomic mass is 36.0. The van der Waals surface area contributed by atoms with E-state index in [0.29, 0.717) is 0 Å². The molecule has 0 unspecified atom stereocenters.